The van der Waals surface area contributed by atoms with E-state index in [2.05, 4.69) is 5.32 Å². The van der Waals surface area contributed by atoms with Crippen molar-refractivity contribution in [3.8, 4) is 0 Å². The van der Waals surface area contributed by atoms with Crippen LogP contribution in [0.3, 0.4) is 0 Å². The smallest absolute Gasteiger partial charge is 0.341 e. The number of benzene rings is 1. The highest BCUT2D eigenvalue weighted by Crippen LogP contribution is 2.31. The maximum atomic E-state index is 12.8. The van der Waals surface area contributed by atoms with Crippen LogP contribution in [0.25, 0.3) is 0 Å². The number of rotatable bonds is 6. The Bertz CT molecular complexity index is 685. The van der Waals surface area contributed by atoms with E-state index in [9.17, 15) is 17.2 Å². The van der Waals surface area contributed by atoms with Crippen LogP contribution in [0.5, 0.6) is 0 Å². The molecule has 21 heavy (non-hydrogen) atoms. The van der Waals surface area contributed by atoms with Crippen molar-refractivity contribution in [3.63, 3.8) is 0 Å². The molecule has 1 heterocycles. The van der Waals surface area contributed by atoms with Gasteiger partial charge in [-0.15, -0.1) is 11.3 Å². The van der Waals surface area contributed by atoms with Crippen molar-refractivity contribution in [3.05, 3.63) is 46.7 Å². The minimum absolute atomic E-state index is 0.112. The maximum Gasteiger partial charge on any atom is 0.341 e. The topological polar surface area (TPSA) is 46.2 Å². The van der Waals surface area contributed by atoms with E-state index in [1.807, 2.05) is 24.4 Å². The van der Waals surface area contributed by atoms with Gasteiger partial charge in [-0.1, -0.05) is 25.1 Å². The molecular formula is C14H15F2NO2S2. The van der Waals surface area contributed by atoms with Gasteiger partial charge in [0.2, 0.25) is 9.84 Å². The van der Waals surface area contributed by atoms with Gasteiger partial charge < -0.3 is 5.32 Å². The number of thiophene rings is 1. The standard InChI is InChI=1S/C14H15F2NO2S2/c1-2-10(12-7-5-9-20-12)17-11-6-3-4-8-13(11)21(18,19)14(15)16/h3-10,14,17H,2H2,1H3. The average Bonchev–Trinajstić information content (AvgIpc) is 2.99. The Morgan fingerprint density at radius 1 is 1.19 bits per heavy atom. The summed E-state index contributed by atoms with van der Waals surface area (Å²) < 4.78 is 49.0. The lowest BCUT2D eigenvalue weighted by Gasteiger charge is -2.19. The third kappa shape index (κ3) is 3.41. The van der Waals surface area contributed by atoms with Crippen LogP contribution in [0, 0.1) is 0 Å². The molecule has 2 aromatic rings. The van der Waals surface area contributed by atoms with Gasteiger partial charge in [0.05, 0.1) is 16.6 Å². The van der Waals surface area contributed by atoms with Crippen LogP contribution in [0.1, 0.15) is 24.3 Å². The largest absolute Gasteiger partial charge is 0.376 e. The molecule has 1 atom stereocenters. The van der Waals surface area contributed by atoms with Crippen LogP contribution in [-0.4, -0.2) is 14.2 Å². The molecule has 2 rings (SSSR count). The van der Waals surface area contributed by atoms with E-state index in [4.69, 9.17) is 0 Å². The summed E-state index contributed by atoms with van der Waals surface area (Å²) in [5.41, 5.74) is 0.207. The van der Waals surface area contributed by atoms with Gasteiger partial charge in [-0.05, 0) is 30.0 Å². The summed E-state index contributed by atoms with van der Waals surface area (Å²) in [4.78, 5) is 0.664. The first-order valence-corrected chi connectivity index (χ1v) is 8.80. The zero-order chi connectivity index (χ0) is 15.5. The summed E-state index contributed by atoms with van der Waals surface area (Å²) in [6, 6.07) is 9.47. The molecule has 7 heteroatoms. The molecule has 0 fully saturated rings. The van der Waals surface area contributed by atoms with Gasteiger partial charge in [0, 0.05) is 4.88 Å². The molecule has 0 spiro atoms. The molecule has 1 aromatic carbocycles. The Labute approximate surface area is 126 Å². The second-order valence-electron chi connectivity index (χ2n) is 4.42. The lowest BCUT2D eigenvalue weighted by atomic mass is 10.1. The molecule has 0 saturated heterocycles. The first-order chi connectivity index (χ1) is 9.96. The van der Waals surface area contributed by atoms with E-state index in [1.54, 1.807) is 6.07 Å². The molecule has 1 aromatic heterocycles. The van der Waals surface area contributed by atoms with Crippen LogP contribution in [0.2, 0.25) is 0 Å². The number of nitrogens with one attached hydrogen (secondary N) is 1. The molecule has 0 radical (unpaired) electrons. The molecule has 0 aliphatic carbocycles. The van der Waals surface area contributed by atoms with Gasteiger partial charge in [-0.25, -0.2) is 8.42 Å². The molecular weight excluding hydrogens is 316 g/mol. The Hall–Kier alpha value is -1.47. The molecule has 1 unspecified atom stereocenters. The lowest BCUT2D eigenvalue weighted by molar-refractivity contribution is 0.235. The number of sulfone groups is 1. The van der Waals surface area contributed by atoms with Crippen molar-refractivity contribution in [2.45, 2.75) is 30.0 Å². The summed E-state index contributed by atoms with van der Waals surface area (Å²) in [6.45, 7) is 1.95. The summed E-state index contributed by atoms with van der Waals surface area (Å²) in [5, 5.41) is 4.98. The van der Waals surface area contributed by atoms with Gasteiger partial charge >= 0.3 is 5.76 Å². The third-order valence-electron chi connectivity index (χ3n) is 3.05. The minimum atomic E-state index is -4.62. The highest BCUT2D eigenvalue weighted by molar-refractivity contribution is 7.91. The first-order valence-electron chi connectivity index (χ1n) is 6.37. The third-order valence-corrected chi connectivity index (χ3v) is 5.48. The van der Waals surface area contributed by atoms with Crippen molar-refractivity contribution in [2.75, 3.05) is 5.32 Å². The van der Waals surface area contributed by atoms with E-state index in [0.29, 0.717) is 6.42 Å². The predicted molar refractivity (Wildman–Crippen MR) is 80.6 cm³/mol. The Kier molecular flexibility index (Phi) is 4.95. The Morgan fingerprint density at radius 3 is 2.48 bits per heavy atom. The number of hydrogen-bond donors (Lipinski definition) is 1. The van der Waals surface area contributed by atoms with Crippen molar-refractivity contribution < 1.29 is 17.2 Å². The quantitative estimate of drug-likeness (QED) is 0.858. The van der Waals surface area contributed by atoms with Gasteiger partial charge in [0.15, 0.2) is 0 Å². The normalized spacial score (nSPS) is 13.3. The fraction of sp³-hybridized carbons (Fsp3) is 0.286. The monoisotopic (exact) mass is 331 g/mol. The Morgan fingerprint density at radius 2 is 1.90 bits per heavy atom. The van der Waals surface area contributed by atoms with Crippen LogP contribution in [-0.2, 0) is 9.84 Å². The second kappa shape index (κ2) is 6.53. The first kappa shape index (κ1) is 15.9. The van der Waals surface area contributed by atoms with Gasteiger partial charge in [0.1, 0.15) is 0 Å². The highest BCUT2D eigenvalue weighted by Gasteiger charge is 2.29. The van der Waals surface area contributed by atoms with Crippen molar-refractivity contribution in [1.82, 2.24) is 0 Å². The van der Waals surface area contributed by atoms with Gasteiger partial charge in [-0.2, -0.15) is 8.78 Å². The number of alkyl halides is 2. The van der Waals surface area contributed by atoms with Crippen molar-refractivity contribution >= 4 is 26.9 Å². The minimum Gasteiger partial charge on any atom is -0.376 e. The summed E-state index contributed by atoms with van der Waals surface area (Å²) in [6.07, 6.45) is 0.712. The second-order valence-corrected chi connectivity index (χ2v) is 7.29. The predicted octanol–water partition coefficient (Wildman–Crippen LogP) is 4.31. The van der Waals surface area contributed by atoms with E-state index < -0.39 is 15.6 Å². The summed E-state index contributed by atoms with van der Waals surface area (Å²) in [7, 11) is -4.62. The highest BCUT2D eigenvalue weighted by atomic mass is 32.2. The van der Waals surface area contributed by atoms with E-state index in [0.717, 1.165) is 4.88 Å². The fourth-order valence-corrected chi connectivity index (χ4v) is 3.74. The van der Waals surface area contributed by atoms with Crippen molar-refractivity contribution in [2.24, 2.45) is 0 Å². The molecule has 1 N–H and O–H groups in total. The number of anilines is 1. The molecule has 0 aliphatic rings. The number of para-hydroxylation sites is 1. The molecule has 0 saturated carbocycles. The van der Waals surface area contributed by atoms with Gasteiger partial charge in [-0.3, -0.25) is 0 Å². The summed E-state index contributed by atoms with van der Waals surface area (Å²) in [5.74, 6) is -3.43. The van der Waals surface area contributed by atoms with E-state index in [-0.39, 0.29) is 16.6 Å². The average molecular weight is 331 g/mol. The molecule has 0 amide bonds. The van der Waals surface area contributed by atoms with Crippen LogP contribution in [0.15, 0.2) is 46.7 Å². The number of hydrogen-bond acceptors (Lipinski definition) is 4. The van der Waals surface area contributed by atoms with Crippen LogP contribution in [0.4, 0.5) is 14.5 Å². The van der Waals surface area contributed by atoms with E-state index in [1.165, 1.54) is 29.5 Å². The molecule has 0 bridgehead atoms. The zero-order valence-corrected chi connectivity index (χ0v) is 12.9. The number of halogens is 2. The molecule has 3 nitrogen and oxygen atoms in total. The van der Waals surface area contributed by atoms with Gasteiger partial charge in [0.25, 0.3) is 0 Å². The van der Waals surface area contributed by atoms with Crippen LogP contribution < -0.4 is 5.32 Å². The molecule has 114 valence electrons. The van der Waals surface area contributed by atoms with Crippen molar-refractivity contribution in [1.29, 1.82) is 0 Å². The molecule has 0 aliphatic heterocycles. The van der Waals surface area contributed by atoms with E-state index >= 15 is 0 Å². The summed E-state index contributed by atoms with van der Waals surface area (Å²) >= 11 is 1.53. The fourth-order valence-electron chi connectivity index (χ4n) is 1.98. The maximum absolute atomic E-state index is 12.8. The lowest BCUT2D eigenvalue weighted by Crippen LogP contribution is -2.16. The Balaban J connectivity index is 2.37. The van der Waals surface area contributed by atoms with Crippen LogP contribution >= 0.6 is 11.3 Å². The zero-order valence-electron chi connectivity index (χ0n) is 11.3. The SMILES string of the molecule is CCC(Nc1ccccc1S(=O)(=O)C(F)F)c1cccs1.